The number of thioether (sulfide) groups is 1. The Hall–Kier alpha value is -0.260. The van der Waals surface area contributed by atoms with E-state index >= 15 is 0 Å². The predicted molar refractivity (Wildman–Crippen MR) is 79.6 cm³/mol. The van der Waals surface area contributed by atoms with Gasteiger partial charge in [-0.1, -0.05) is 6.92 Å². The average molecular weight is 289 g/mol. The minimum Gasteiger partial charge on any atom is -0.481 e. The van der Waals surface area contributed by atoms with Gasteiger partial charge in [-0.25, -0.2) is 0 Å². The number of aliphatic carboxylic acids is 1. The number of hydrogen-bond donors (Lipinski definition) is 3. The largest absolute Gasteiger partial charge is 0.481 e. The molecule has 1 unspecified atom stereocenters. The summed E-state index contributed by atoms with van der Waals surface area (Å²) in [4.78, 5) is 10.9. The van der Waals surface area contributed by atoms with Crippen molar-refractivity contribution in [3.63, 3.8) is 0 Å². The summed E-state index contributed by atoms with van der Waals surface area (Å²) in [5.41, 5.74) is -0.710. The lowest BCUT2D eigenvalue weighted by Crippen LogP contribution is -2.46. The van der Waals surface area contributed by atoms with Crippen LogP contribution < -0.4 is 5.32 Å². The summed E-state index contributed by atoms with van der Waals surface area (Å²) < 4.78 is 0. The second-order valence-electron chi connectivity index (χ2n) is 5.60. The lowest BCUT2D eigenvalue weighted by molar-refractivity contribution is -0.144. The molecule has 1 atom stereocenters. The molecule has 0 aromatic heterocycles. The van der Waals surface area contributed by atoms with E-state index < -0.39 is 11.6 Å². The Labute approximate surface area is 120 Å². The van der Waals surface area contributed by atoms with Crippen LogP contribution in [0.15, 0.2) is 0 Å². The first-order valence-corrected chi connectivity index (χ1v) is 8.38. The van der Waals surface area contributed by atoms with Gasteiger partial charge >= 0.3 is 5.97 Å². The Kier molecular flexibility index (Phi) is 7.18. The third-order valence-electron chi connectivity index (χ3n) is 3.94. The summed E-state index contributed by atoms with van der Waals surface area (Å²) in [6.45, 7) is 4.88. The maximum atomic E-state index is 10.9. The monoisotopic (exact) mass is 289 g/mol. The zero-order valence-electron chi connectivity index (χ0n) is 12.0. The van der Waals surface area contributed by atoms with E-state index in [-0.39, 0.29) is 5.92 Å². The molecule has 0 aliphatic heterocycles. The summed E-state index contributed by atoms with van der Waals surface area (Å²) in [6.07, 6.45) is 3.47. The molecule has 0 aromatic rings. The van der Waals surface area contributed by atoms with Gasteiger partial charge in [0.25, 0.3) is 0 Å². The fraction of sp³-hybridized carbons (Fsp3) is 0.929. The van der Waals surface area contributed by atoms with Gasteiger partial charge in [0, 0.05) is 12.6 Å². The molecule has 1 fully saturated rings. The molecule has 0 heterocycles. The molecule has 1 saturated carbocycles. The molecule has 0 bridgehead atoms. The fourth-order valence-corrected chi connectivity index (χ4v) is 3.26. The van der Waals surface area contributed by atoms with Crippen LogP contribution in [-0.2, 0) is 4.79 Å². The van der Waals surface area contributed by atoms with Crippen molar-refractivity contribution in [1.82, 2.24) is 5.32 Å². The molecular weight excluding hydrogens is 262 g/mol. The Balaban J connectivity index is 2.23. The van der Waals surface area contributed by atoms with E-state index in [1.54, 1.807) is 0 Å². The van der Waals surface area contributed by atoms with Crippen LogP contribution in [0.5, 0.6) is 0 Å². The van der Waals surface area contributed by atoms with Crippen LogP contribution in [0.3, 0.4) is 0 Å². The van der Waals surface area contributed by atoms with E-state index in [9.17, 15) is 9.90 Å². The molecule has 3 N–H and O–H groups in total. The molecule has 1 rings (SSSR count). The van der Waals surface area contributed by atoms with Crippen molar-refractivity contribution in [3.8, 4) is 0 Å². The quantitative estimate of drug-likeness (QED) is 0.597. The maximum Gasteiger partial charge on any atom is 0.306 e. The second kappa shape index (κ2) is 8.12. The van der Waals surface area contributed by atoms with Gasteiger partial charge in [0.05, 0.1) is 11.5 Å². The average Bonchev–Trinajstić information content (AvgIpc) is 2.37. The third kappa shape index (κ3) is 6.15. The van der Waals surface area contributed by atoms with Gasteiger partial charge in [-0.15, -0.1) is 0 Å². The SMILES string of the molecule is CCSCCC(C)NCC1(O)CCC(C(=O)O)CC1. The zero-order valence-corrected chi connectivity index (χ0v) is 12.8. The van der Waals surface area contributed by atoms with Gasteiger partial charge in [0.1, 0.15) is 0 Å². The molecule has 0 aromatic carbocycles. The minimum atomic E-state index is -0.722. The summed E-state index contributed by atoms with van der Waals surface area (Å²) in [6, 6.07) is 0.403. The Morgan fingerprint density at radius 1 is 1.47 bits per heavy atom. The molecule has 0 radical (unpaired) electrons. The molecule has 1 aliphatic carbocycles. The first-order valence-electron chi connectivity index (χ1n) is 7.23. The van der Waals surface area contributed by atoms with Crippen molar-refractivity contribution in [2.24, 2.45) is 5.92 Å². The molecule has 112 valence electrons. The highest BCUT2D eigenvalue weighted by Crippen LogP contribution is 2.31. The number of rotatable bonds is 8. The van der Waals surface area contributed by atoms with Crippen LogP contribution in [0.1, 0.15) is 46.0 Å². The number of aliphatic hydroxyl groups is 1. The Morgan fingerprint density at radius 2 is 2.11 bits per heavy atom. The van der Waals surface area contributed by atoms with Gasteiger partial charge in [-0.2, -0.15) is 11.8 Å². The molecule has 0 spiro atoms. The topological polar surface area (TPSA) is 69.6 Å². The van der Waals surface area contributed by atoms with Crippen molar-refractivity contribution in [1.29, 1.82) is 0 Å². The van der Waals surface area contributed by atoms with E-state index in [1.807, 2.05) is 11.8 Å². The summed E-state index contributed by atoms with van der Waals surface area (Å²) in [5, 5.41) is 22.8. The van der Waals surface area contributed by atoms with Gasteiger partial charge in [-0.05, 0) is 50.5 Å². The minimum absolute atomic E-state index is 0.265. The molecule has 0 saturated heterocycles. The smallest absolute Gasteiger partial charge is 0.306 e. The Bertz CT molecular complexity index is 278. The Morgan fingerprint density at radius 3 is 2.63 bits per heavy atom. The highest BCUT2D eigenvalue weighted by Gasteiger charge is 2.35. The van der Waals surface area contributed by atoms with Crippen LogP contribution in [0.25, 0.3) is 0 Å². The van der Waals surface area contributed by atoms with Crippen LogP contribution in [0.2, 0.25) is 0 Å². The molecule has 0 amide bonds. The van der Waals surface area contributed by atoms with Crippen LogP contribution in [0.4, 0.5) is 0 Å². The number of nitrogens with one attached hydrogen (secondary N) is 1. The van der Waals surface area contributed by atoms with Gasteiger partial charge in [0.2, 0.25) is 0 Å². The van der Waals surface area contributed by atoms with E-state index in [0.717, 1.165) is 17.9 Å². The summed E-state index contributed by atoms with van der Waals surface area (Å²) >= 11 is 1.93. The van der Waals surface area contributed by atoms with Crippen molar-refractivity contribution < 1.29 is 15.0 Å². The van der Waals surface area contributed by atoms with Crippen molar-refractivity contribution in [2.75, 3.05) is 18.1 Å². The van der Waals surface area contributed by atoms with E-state index in [4.69, 9.17) is 5.11 Å². The van der Waals surface area contributed by atoms with E-state index in [1.165, 1.54) is 0 Å². The van der Waals surface area contributed by atoms with Crippen molar-refractivity contribution >= 4 is 17.7 Å². The lowest BCUT2D eigenvalue weighted by atomic mass is 9.78. The van der Waals surface area contributed by atoms with Gasteiger partial charge in [-0.3, -0.25) is 4.79 Å². The molecule has 5 heteroatoms. The number of carboxylic acids is 1. The highest BCUT2D eigenvalue weighted by molar-refractivity contribution is 7.99. The van der Waals surface area contributed by atoms with Crippen molar-refractivity contribution in [2.45, 2.75) is 57.6 Å². The summed E-state index contributed by atoms with van der Waals surface area (Å²) in [5.74, 6) is 1.30. The standard InChI is InChI=1S/C14H27NO3S/c1-3-19-9-6-11(2)15-10-14(18)7-4-12(5-8-14)13(16)17/h11-12,15,18H,3-10H2,1-2H3,(H,16,17). The molecule has 1 aliphatic rings. The molecule has 19 heavy (non-hydrogen) atoms. The van der Waals surface area contributed by atoms with Crippen LogP contribution >= 0.6 is 11.8 Å². The van der Waals surface area contributed by atoms with Gasteiger partial charge in [0.15, 0.2) is 0 Å². The van der Waals surface area contributed by atoms with E-state index in [2.05, 4.69) is 19.2 Å². The first-order chi connectivity index (χ1) is 8.97. The van der Waals surface area contributed by atoms with Crippen molar-refractivity contribution in [3.05, 3.63) is 0 Å². The number of hydrogen-bond acceptors (Lipinski definition) is 4. The highest BCUT2D eigenvalue weighted by atomic mass is 32.2. The molecule has 4 nitrogen and oxygen atoms in total. The molecular formula is C14H27NO3S. The van der Waals surface area contributed by atoms with Gasteiger partial charge < -0.3 is 15.5 Å². The zero-order chi connectivity index (χ0) is 14.3. The van der Waals surface area contributed by atoms with Crippen LogP contribution in [0, 0.1) is 5.92 Å². The predicted octanol–water partition coefficient (Wildman–Crippen LogP) is 2.11. The van der Waals surface area contributed by atoms with Crippen LogP contribution in [-0.4, -0.2) is 45.9 Å². The summed E-state index contributed by atoms with van der Waals surface area (Å²) in [7, 11) is 0. The maximum absolute atomic E-state index is 10.9. The lowest BCUT2D eigenvalue weighted by Gasteiger charge is -2.35. The second-order valence-corrected chi connectivity index (χ2v) is 7.00. The normalized spacial score (nSPS) is 29.1. The fourth-order valence-electron chi connectivity index (χ4n) is 2.45. The van der Waals surface area contributed by atoms with E-state index in [0.29, 0.717) is 38.3 Å². The number of carboxylic acid groups (broad SMARTS) is 1. The third-order valence-corrected chi connectivity index (χ3v) is 4.88. The first kappa shape index (κ1) is 16.8. The number of carbonyl (C=O) groups is 1.